The molecule has 4 heterocycles. The van der Waals surface area contributed by atoms with Gasteiger partial charge in [0.2, 0.25) is 5.89 Å². The fourth-order valence-corrected chi connectivity index (χ4v) is 3.58. The molecule has 2 N–H and O–H groups in total. The van der Waals surface area contributed by atoms with E-state index in [0.29, 0.717) is 29.8 Å². The van der Waals surface area contributed by atoms with Crippen LogP contribution in [0.3, 0.4) is 0 Å². The molecule has 9 heteroatoms. The fourth-order valence-electron chi connectivity index (χ4n) is 3.58. The second kappa shape index (κ2) is 8.19. The normalized spacial score (nSPS) is 17.1. The zero-order chi connectivity index (χ0) is 21.2. The monoisotopic (exact) mass is 417 g/mol. The highest BCUT2D eigenvalue weighted by atomic mass is 16.5. The maximum atomic E-state index is 6.30. The number of hydrogen-bond donors (Lipinski definition) is 1. The van der Waals surface area contributed by atoms with E-state index >= 15 is 0 Å². The van der Waals surface area contributed by atoms with Crippen molar-refractivity contribution in [1.82, 2.24) is 20.1 Å². The third-order valence-electron chi connectivity index (χ3n) is 5.35. The summed E-state index contributed by atoms with van der Waals surface area (Å²) in [6, 6.07) is 13.7. The van der Waals surface area contributed by atoms with Gasteiger partial charge in [-0.3, -0.25) is 0 Å². The minimum atomic E-state index is 0.290. The van der Waals surface area contributed by atoms with Gasteiger partial charge in [-0.25, -0.2) is 9.98 Å². The average Bonchev–Trinajstić information content (AvgIpc) is 3.32. The number of likely N-dealkylation sites (N-methyl/N-ethyl adjacent to an activating group) is 1. The van der Waals surface area contributed by atoms with Crippen molar-refractivity contribution in [3.05, 3.63) is 65.9 Å². The maximum Gasteiger partial charge on any atom is 0.270 e. The van der Waals surface area contributed by atoms with Crippen LogP contribution >= 0.6 is 0 Å². The van der Waals surface area contributed by atoms with E-state index in [1.165, 1.54) is 0 Å². The highest BCUT2D eigenvalue weighted by molar-refractivity contribution is 6.05. The molecule has 0 bridgehead atoms. The van der Waals surface area contributed by atoms with Crippen LogP contribution in [0.1, 0.15) is 11.5 Å². The molecule has 0 atom stereocenters. The van der Waals surface area contributed by atoms with Crippen LogP contribution < -0.4 is 10.6 Å². The predicted octanol–water partition coefficient (Wildman–Crippen LogP) is 1.99. The van der Waals surface area contributed by atoms with E-state index in [-0.39, 0.29) is 0 Å². The standard InChI is InChI=1S/C22H23N7O2/c1-28-14-17(16-7-8-18(24-13-16)29-9-11-30-12-10-29)25-19(20(28)23)22-27-26-21(31-22)15-5-3-2-4-6-15/h2-8,13H,9-12,14,23H2,1H3. The summed E-state index contributed by atoms with van der Waals surface area (Å²) in [5.41, 5.74) is 9.38. The number of nitrogens with two attached hydrogens (primary N) is 1. The Kier molecular flexibility index (Phi) is 5.09. The van der Waals surface area contributed by atoms with Crippen LogP contribution in [0.25, 0.3) is 17.2 Å². The first-order valence-corrected chi connectivity index (χ1v) is 10.2. The van der Waals surface area contributed by atoms with Crippen molar-refractivity contribution in [3.63, 3.8) is 0 Å². The van der Waals surface area contributed by atoms with Crippen LogP contribution in [-0.4, -0.2) is 65.7 Å². The summed E-state index contributed by atoms with van der Waals surface area (Å²) in [6.45, 7) is 3.71. The van der Waals surface area contributed by atoms with Crippen LogP contribution in [-0.2, 0) is 4.74 Å². The zero-order valence-electron chi connectivity index (χ0n) is 17.2. The Morgan fingerprint density at radius 2 is 1.71 bits per heavy atom. The molecule has 5 rings (SSSR count). The van der Waals surface area contributed by atoms with Crippen LogP contribution in [0.2, 0.25) is 0 Å². The van der Waals surface area contributed by atoms with E-state index < -0.39 is 0 Å². The number of morpholine rings is 1. The number of pyridine rings is 1. The Balaban J connectivity index is 1.43. The lowest BCUT2D eigenvalue weighted by molar-refractivity contribution is 0.122. The van der Waals surface area contributed by atoms with Gasteiger partial charge in [-0.15, -0.1) is 10.2 Å². The molecule has 0 radical (unpaired) electrons. The maximum absolute atomic E-state index is 6.30. The van der Waals surface area contributed by atoms with E-state index in [1.54, 1.807) is 0 Å². The van der Waals surface area contributed by atoms with Gasteiger partial charge in [-0.1, -0.05) is 18.2 Å². The van der Waals surface area contributed by atoms with Crippen molar-refractivity contribution in [2.24, 2.45) is 10.7 Å². The van der Waals surface area contributed by atoms with Crippen molar-refractivity contribution in [3.8, 4) is 11.5 Å². The van der Waals surface area contributed by atoms with Gasteiger partial charge in [-0.2, -0.15) is 0 Å². The topological polar surface area (TPSA) is 106 Å². The van der Waals surface area contributed by atoms with E-state index in [0.717, 1.165) is 49.0 Å². The van der Waals surface area contributed by atoms with Crippen molar-refractivity contribution in [2.45, 2.75) is 0 Å². The molecule has 31 heavy (non-hydrogen) atoms. The van der Waals surface area contributed by atoms with Crippen molar-refractivity contribution >= 4 is 17.2 Å². The molecule has 0 amide bonds. The van der Waals surface area contributed by atoms with E-state index in [4.69, 9.17) is 19.9 Å². The molecular formula is C22H23N7O2. The average molecular weight is 417 g/mol. The van der Waals surface area contributed by atoms with Gasteiger partial charge < -0.3 is 24.7 Å². The lowest BCUT2D eigenvalue weighted by Crippen LogP contribution is -2.37. The minimum Gasteiger partial charge on any atom is -0.414 e. The third kappa shape index (κ3) is 3.87. The van der Waals surface area contributed by atoms with Gasteiger partial charge in [0, 0.05) is 37.5 Å². The van der Waals surface area contributed by atoms with Crippen molar-refractivity contribution in [1.29, 1.82) is 0 Å². The molecule has 3 aromatic rings. The molecule has 2 aromatic heterocycles. The molecule has 1 aromatic carbocycles. The molecule has 0 aliphatic carbocycles. The Hall–Kier alpha value is -3.72. The van der Waals surface area contributed by atoms with E-state index in [9.17, 15) is 0 Å². The Labute approximate surface area is 179 Å². The molecule has 0 spiro atoms. The Morgan fingerprint density at radius 1 is 0.935 bits per heavy atom. The molecule has 0 saturated carbocycles. The van der Waals surface area contributed by atoms with Crippen molar-refractivity contribution in [2.75, 3.05) is 44.8 Å². The summed E-state index contributed by atoms with van der Waals surface area (Å²) in [4.78, 5) is 13.5. The first-order chi connectivity index (χ1) is 15.2. The van der Waals surface area contributed by atoms with Gasteiger partial charge in [0.05, 0.1) is 25.5 Å². The molecule has 2 aliphatic rings. The number of aliphatic imine (C=N–C) groups is 1. The molecule has 9 nitrogen and oxygen atoms in total. The number of benzene rings is 1. The number of nitrogens with zero attached hydrogens (tertiary/aromatic N) is 6. The van der Waals surface area contributed by atoms with Crippen LogP contribution in [0, 0.1) is 0 Å². The second-order valence-electron chi connectivity index (χ2n) is 7.43. The highest BCUT2D eigenvalue weighted by Gasteiger charge is 2.24. The summed E-state index contributed by atoms with van der Waals surface area (Å²) in [5, 5.41) is 8.34. The quantitative estimate of drug-likeness (QED) is 0.687. The number of aromatic nitrogens is 3. The lowest BCUT2D eigenvalue weighted by Gasteiger charge is -2.28. The number of rotatable bonds is 4. The number of hydrogen-bond acceptors (Lipinski definition) is 9. The summed E-state index contributed by atoms with van der Waals surface area (Å²) in [6.07, 6.45) is 1.85. The Bertz CT molecular complexity index is 1120. The molecule has 0 unspecified atom stereocenters. The van der Waals surface area contributed by atoms with Gasteiger partial charge in [-0.05, 0) is 24.3 Å². The molecular weight excluding hydrogens is 394 g/mol. The largest absolute Gasteiger partial charge is 0.414 e. The van der Waals surface area contributed by atoms with E-state index in [2.05, 4.69) is 20.1 Å². The summed E-state index contributed by atoms with van der Waals surface area (Å²) in [5.74, 6) is 2.15. The summed E-state index contributed by atoms with van der Waals surface area (Å²) < 4.78 is 11.3. The van der Waals surface area contributed by atoms with Crippen LogP contribution in [0.4, 0.5) is 5.82 Å². The first-order valence-electron chi connectivity index (χ1n) is 10.2. The number of anilines is 1. The van der Waals surface area contributed by atoms with Crippen LogP contribution in [0.5, 0.6) is 0 Å². The molecule has 158 valence electrons. The number of ether oxygens (including phenoxy) is 1. The lowest BCUT2D eigenvalue weighted by atomic mass is 10.1. The van der Waals surface area contributed by atoms with E-state index in [1.807, 2.05) is 60.6 Å². The van der Waals surface area contributed by atoms with Crippen LogP contribution in [0.15, 0.2) is 63.9 Å². The first kappa shape index (κ1) is 19.3. The third-order valence-corrected chi connectivity index (χ3v) is 5.35. The SMILES string of the molecule is CN1CC(c2ccc(N3CCOCC3)nc2)=NC(c2nnc(-c3ccccc3)o2)=C1N. The molecule has 1 fully saturated rings. The highest BCUT2D eigenvalue weighted by Crippen LogP contribution is 2.27. The predicted molar refractivity (Wildman–Crippen MR) is 117 cm³/mol. The van der Waals surface area contributed by atoms with Gasteiger partial charge in [0.25, 0.3) is 5.89 Å². The Morgan fingerprint density at radius 3 is 2.45 bits per heavy atom. The fraction of sp³-hybridized carbons (Fsp3) is 0.273. The summed E-state index contributed by atoms with van der Waals surface area (Å²) >= 11 is 0. The zero-order valence-corrected chi connectivity index (χ0v) is 17.2. The summed E-state index contributed by atoms with van der Waals surface area (Å²) in [7, 11) is 1.91. The smallest absolute Gasteiger partial charge is 0.270 e. The van der Waals surface area contributed by atoms with Gasteiger partial charge in [0.1, 0.15) is 11.6 Å². The molecule has 1 saturated heterocycles. The molecule has 2 aliphatic heterocycles. The second-order valence-corrected chi connectivity index (χ2v) is 7.43. The minimum absolute atomic E-state index is 0.290. The van der Waals surface area contributed by atoms with Gasteiger partial charge >= 0.3 is 0 Å². The van der Waals surface area contributed by atoms with Crippen molar-refractivity contribution < 1.29 is 9.15 Å². The van der Waals surface area contributed by atoms with Gasteiger partial charge in [0.15, 0.2) is 5.70 Å².